The molecule has 2 rings (SSSR count). The maximum absolute atomic E-state index is 12.0. The first-order valence-electron chi connectivity index (χ1n) is 7.16. The van der Waals surface area contributed by atoms with Crippen LogP contribution in [-0.4, -0.2) is 36.5 Å². The average Bonchev–Trinajstić information content (AvgIpc) is 2.61. The third-order valence-electron chi connectivity index (χ3n) is 3.19. The highest BCUT2D eigenvalue weighted by atomic mass is 16.3. The van der Waals surface area contributed by atoms with E-state index in [0.29, 0.717) is 12.2 Å². The number of nitrogens with zero attached hydrogens (tertiary/aromatic N) is 2. The summed E-state index contributed by atoms with van der Waals surface area (Å²) in [6.07, 6.45) is 5.28. The van der Waals surface area contributed by atoms with E-state index in [-0.39, 0.29) is 11.8 Å². The number of carbonyl (C=O) groups excluding carboxylic acids is 2. The standard InChI is InChI=1S/C16H19N3O2.CH2O/c1-19(14-8-2-3-9-15(14)20)16(21)18-11-5-7-13-6-4-10-17-12-13;1-2/h2-4,6,8-10,12,20H,5,7,11H2,1H3,(H,18,21);1H2. The average molecular weight is 315 g/mol. The fourth-order valence-electron chi connectivity index (χ4n) is 2.01. The number of benzene rings is 1. The second-order valence-corrected chi connectivity index (χ2v) is 4.74. The van der Waals surface area contributed by atoms with Gasteiger partial charge < -0.3 is 15.2 Å². The van der Waals surface area contributed by atoms with Gasteiger partial charge in [-0.05, 0) is 36.6 Å². The third kappa shape index (κ3) is 5.78. The summed E-state index contributed by atoms with van der Waals surface area (Å²) in [6, 6.07) is 10.4. The molecule has 2 aromatic rings. The minimum Gasteiger partial charge on any atom is -0.506 e. The fraction of sp³-hybridized carbons (Fsp3) is 0.235. The summed E-state index contributed by atoms with van der Waals surface area (Å²) >= 11 is 0. The minimum absolute atomic E-state index is 0.0884. The van der Waals surface area contributed by atoms with E-state index >= 15 is 0 Å². The van der Waals surface area contributed by atoms with E-state index in [1.807, 2.05) is 25.1 Å². The van der Waals surface area contributed by atoms with Gasteiger partial charge in [0, 0.05) is 26.0 Å². The number of carbonyl (C=O) groups is 2. The number of aromatic nitrogens is 1. The van der Waals surface area contributed by atoms with Gasteiger partial charge in [-0.25, -0.2) is 4.79 Å². The van der Waals surface area contributed by atoms with Gasteiger partial charge in [-0.3, -0.25) is 9.88 Å². The number of phenols is 1. The molecule has 1 heterocycles. The van der Waals surface area contributed by atoms with Crippen molar-refractivity contribution < 1.29 is 14.7 Å². The number of phenolic OH excluding ortho intramolecular Hbond substituents is 1. The number of anilines is 1. The number of rotatable bonds is 5. The summed E-state index contributed by atoms with van der Waals surface area (Å²) in [5.74, 6) is 0.0884. The Labute approximate surface area is 135 Å². The molecule has 122 valence electrons. The predicted octanol–water partition coefficient (Wildman–Crippen LogP) is 2.38. The van der Waals surface area contributed by atoms with Crippen molar-refractivity contribution in [3.8, 4) is 5.75 Å². The zero-order chi connectivity index (χ0) is 17.1. The van der Waals surface area contributed by atoms with Crippen molar-refractivity contribution in [1.29, 1.82) is 0 Å². The largest absolute Gasteiger partial charge is 0.506 e. The van der Waals surface area contributed by atoms with Gasteiger partial charge in [0.25, 0.3) is 0 Å². The first-order chi connectivity index (χ1) is 11.2. The SMILES string of the molecule is C=O.CN(C(=O)NCCCc1cccnc1)c1ccccc1O. The number of hydrogen-bond donors (Lipinski definition) is 2. The molecule has 6 nitrogen and oxygen atoms in total. The van der Waals surface area contributed by atoms with Crippen molar-refractivity contribution in [1.82, 2.24) is 10.3 Å². The van der Waals surface area contributed by atoms with Crippen molar-refractivity contribution in [2.24, 2.45) is 0 Å². The number of urea groups is 1. The van der Waals surface area contributed by atoms with Crippen LogP contribution in [0.4, 0.5) is 10.5 Å². The summed E-state index contributed by atoms with van der Waals surface area (Å²) in [4.78, 5) is 25.5. The fourth-order valence-corrected chi connectivity index (χ4v) is 2.01. The van der Waals surface area contributed by atoms with Gasteiger partial charge in [0.15, 0.2) is 0 Å². The maximum Gasteiger partial charge on any atom is 0.321 e. The molecule has 0 radical (unpaired) electrons. The number of para-hydroxylation sites is 2. The molecule has 0 atom stereocenters. The van der Waals surface area contributed by atoms with Crippen LogP contribution in [0.3, 0.4) is 0 Å². The van der Waals surface area contributed by atoms with Gasteiger partial charge in [-0.1, -0.05) is 18.2 Å². The molecule has 2 N–H and O–H groups in total. The second-order valence-electron chi connectivity index (χ2n) is 4.74. The number of aromatic hydroxyl groups is 1. The topological polar surface area (TPSA) is 82.5 Å². The van der Waals surface area contributed by atoms with Crippen molar-refractivity contribution >= 4 is 18.5 Å². The van der Waals surface area contributed by atoms with Crippen LogP contribution < -0.4 is 10.2 Å². The third-order valence-corrected chi connectivity index (χ3v) is 3.19. The molecule has 6 heteroatoms. The van der Waals surface area contributed by atoms with Crippen molar-refractivity contribution in [3.63, 3.8) is 0 Å². The molecule has 0 saturated heterocycles. The highest BCUT2D eigenvalue weighted by Crippen LogP contribution is 2.25. The van der Waals surface area contributed by atoms with E-state index in [2.05, 4.69) is 10.3 Å². The summed E-state index contributed by atoms with van der Waals surface area (Å²) in [5, 5.41) is 12.6. The van der Waals surface area contributed by atoms with Crippen LogP contribution in [0.2, 0.25) is 0 Å². The summed E-state index contributed by atoms with van der Waals surface area (Å²) < 4.78 is 0. The number of hydrogen-bond acceptors (Lipinski definition) is 4. The molecule has 1 aromatic carbocycles. The summed E-state index contributed by atoms with van der Waals surface area (Å²) in [7, 11) is 1.63. The lowest BCUT2D eigenvalue weighted by Gasteiger charge is -2.19. The molecule has 0 aliphatic rings. The Morgan fingerprint density at radius 1 is 1.26 bits per heavy atom. The monoisotopic (exact) mass is 315 g/mol. The highest BCUT2D eigenvalue weighted by molar-refractivity contribution is 5.92. The van der Waals surface area contributed by atoms with Gasteiger partial charge >= 0.3 is 6.03 Å². The van der Waals surface area contributed by atoms with E-state index in [0.717, 1.165) is 18.4 Å². The lowest BCUT2D eigenvalue weighted by atomic mass is 10.1. The summed E-state index contributed by atoms with van der Waals surface area (Å²) in [6.45, 7) is 2.58. The molecule has 0 fully saturated rings. The van der Waals surface area contributed by atoms with E-state index in [1.54, 1.807) is 37.5 Å². The number of aryl methyl sites for hydroxylation is 1. The van der Waals surface area contributed by atoms with Gasteiger partial charge in [-0.2, -0.15) is 0 Å². The van der Waals surface area contributed by atoms with Crippen LogP contribution >= 0.6 is 0 Å². The number of pyridine rings is 1. The van der Waals surface area contributed by atoms with E-state index in [1.165, 1.54) is 4.90 Å². The first-order valence-corrected chi connectivity index (χ1v) is 7.16. The molecule has 0 unspecified atom stereocenters. The van der Waals surface area contributed by atoms with Gasteiger partial charge in [0.05, 0.1) is 5.69 Å². The number of amides is 2. The van der Waals surface area contributed by atoms with Crippen LogP contribution in [0.15, 0.2) is 48.8 Å². The molecule has 0 saturated carbocycles. The lowest BCUT2D eigenvalue weighted by Crippen LogP contribution is -2.37. The van der Waals surface area contributed by atoms with Crippen LogP contribution in [0.25, 0.3) is 0 Å². The lowest BCUT2D eigenvalue weighted by molar-refractivity contribution is -0.0979. The zero-order valence-electron chi connectivity index (χ0n) is 13.1. The van der Waals surface area contributed by atoms with E-state index < -0.39 is 0 Å². The molecule has 0 aliphatic carbocycles. The van der Waals surface area contributed by atoms with Gasteiger partial charge in [-0.15, -0.1) is 0 Å². The van der Waals surface area contributed by atoms with Crippen LogP contribution in [0, 0.1) is 0 Å². The normalized spacial score (nSPS) is 9.43. The Hall–Kier alpha value is -2.89. The Morgan fingerprint density at radius 2 is 2.00 bits per heavy atom. The van der Waals surface area contributed by atoms with Crippen LogP contribution in [0.5, 0.6) is 5.75 Å². The zero-order valence-corrected chi connectivity index (χ0v) is 13.1. The molecule has 0 aliphatic heterocycles. The van der Waals surface area contributed by atoms with Crippen molar-refractivity contribution in [3.05, 3.63) is 54.4 Å². The Balaban J connectivity index is 0.00000127. The number of nitrogens with one attached hydrogen (secondary N) is 1. The molecule has 23 heavy (non-hydrogen) atoms. The Morgan fingerprint density at radius 3 is 2.65 bits per heavy atom. The van der Waals surface area contributed by atoms with Crippen molar-refractivity contribution in [2.75, 3.05) is 18.5 Å². The second kappa shape index (κ2) is 9.94. The van der Waals surface area contributed by atoms with Crippen molar-refractivity contribution in [2.45, 2.75) is 12.8 Å². The molecular formula is C17H21N3O3. The van der Waals surface area contributed by atoms with Crippen LogP contribution in [0.1, 0.15) is 12.0 Å². The smallest absolute Gasteiger partial charge is 0.321 e. The van der Waals surface area contributed by atoms with Gasteiger partial charge in [0.2, 0.25) is 0 Å². The molecular weight excluding hydrogens is 294 g/mol. The van der Waals surface area contributed by atoms with E-state index in [9.17, 15) is 9.90 Å². The minimum atomic E-state index is -0.234. The predicted molar refractivity (Wildman–Crippen MR) is 89.6 cm³/mol. The quantitative estimate of drug-likeness (QED) is 0.830. The molecule has 1 aromatic heterocycles. The van der Waals surface area contributed by atoms with Gasteiger partial charge in [0.1, 0.15) is 12.5 Å². The highest BCUT2D eigenvalue weighted by Gasteiger charge is 2.12. The van der Waals surface area contributed by atoms with Crippen LogP contribution in [-0.2, 0) is 11.2 Å². The summed E-state index contributed by atoms with van der Waals surface area (Å²) in [5.41, 5.74) is 1.64. The molecule has 2 amide bonds. The molecule has 0 spiro atoms. The first kappa shape index (κ1) is 18.2. The van der Waals surface area contributed by atoms with E-state index in [4.69, 9.17) is 4.79 Å². The Kier molecular flexibility index (Phi) is 7.85. The molecule has 0 bridgehead atoms. The maximum atomic E-state index is 12.0. The Bertz CT molecular complexity index is 605.